The van der Waals surface area contributed by atoms with Crippen LogP contribution in [0.3, 0.4) is 0 Å². The molecule has 6 nitrogen and oxygen atoms in total. The fraction of sp³-hybridized carbons (Fsp3) is 0.235. The van der Waals surface area contributed by atoms with Crippen molar-refractivity contribution in [2.45, 2.75) is 0 Å². The van der Waals surface area contributed by atoms with E-state index in [1.807, 2.05) is 23.9 Å². The second kappa shape index (κ2) is 5.39. The van der Waals surface area contributed by atoms with Crippen LogP contribution in [0.5, 0.6) is 5.75 Å². The summed E-state index contributed by atoms with van der Waals surface area (Å²) >= 11 is 0. The third kappa shape index (κ3) is 2.32. The van der Waals surface area contributed by atoms with Gasteiger partial charge in [-0.25, -0.2) is 9.97 Å². The zero-order chi connectivity index (χ0) is 15.8. The number of anilines is 1. The first kappa shape index (κ1) is 13.8. The van der Waals surface area contributed by atoms with Crippen molar-refractivity contribution in [1.29, 1.82) is 0 Å². The lowest BCUT2D eigenvalue weighted by molar-refractivity contribution is 0.415. The highest BCUT2D eigenvalue weighted by Gasteiger charge is 2.20. The van der Waals surface area contributed by atoms with E-state index in [1.165, 1.54) is 11.1 Å². The smallest absolute Gasteiger partial charge is 0.158 e. The quantitative estimate of drug-likeness (QED) is 0.743. The first-order valence-electron chi connectivity index (χ1n) is 7.47. The highest BCUT2D eigenvalue weighted by molar-refractivity contribution is 5.87. The Morgan fingerprint density at radius 1 is 1.13 bits per heavy atom. The zero-order valence-corrected chi connectivity index (χ0v) is 13.1. The van der Waals surface area contributed by atoms with Gasteiger partial charge in [0, 0.05) is 20.1 Å². The van der Waals surface area contributed by atoms with Gasteiger partial charge in [-0.15, -0.1) is 0 Å². The van der Waals surface area contributed by atoms with Crippen LogP contribution in [0, 0.1) is 0 Å². The topological polar surface area (TPSA) is 56.1 Å². The number of aromatic nitrogens is 4. The average Bonchev–Trinajstić information content (AvgIpc) is 3.22. The number of hydrogen-bond donors (Lipinski definition) is 0. The molecule has 0 spiro atoms. The van der Waals surface area contributed by atoms with Crippen molar-refractivity contribution in [1.82, 2.24) is 19.7 Å². The van der Waals surface area contributed by atoms with Gasteiger partial charge in [-0.3, -0.25) is 4.68 Å². The summed E-state index contributed by atoms with van der Waals surface area (Å²) in [6.45, 7) is 1.66. The number of benzene rings is 1. The Morgan fingerprint density at radius 3 is 2.74 bits per heavy atom. The molecule has 0 atom stereocenters. The highest BCUT2D eigenvalue weighted by Crippen LogP contribution is 2.29. The first-order valence-corrected chi connectivity index (χ1v) is 7.47. The maximum absolute atomic E-state index is 5.22. The molecule has 0 fully saturated rings. The maximum Gasteiger partial charge on any atom is 0.158 e. The number of aryl methyl sites for hydroxylation is 1. The molecule has 0 aliphatic carbocycles. The summed E-state index contributed by atoms with van der Waals surface area (Å²) in [7, 11) is 3.60. The summed E-state index contributed by atoms with van der Waals surface area (Å²) in [5, 5.41) is 4.28. The number of methoxy groups -OCH3 is 1. The predicted molar refractivity (Wildman–Crippen MR) is 89.5 cm³/mol. The minimum atomic E-state index is 0.823. The number of nitrogens with zero attached hydrogens (tertiary/aromatic N) is 5. The van der Waals surface area contributed by atoms with Gasteiger partial charge in [-0.05, 0) is 23.3 Å². The monoisotopic (exact) mass is 307 g/mol. The summed E-state index contributed by atoms with van der Waals surface area (Å²) in [4.78, 5) is 11.0. The molecule has 116 valence electrons. The van der Waals surface area contributed by atoms with E-state index in [4.69, 9.17) is 4.74 Å². The van der Waals surface area contributed by atoms with E-state index < -0.39 is 0 Å². The van der Waals surface area contributed by atoms with Crippen LogP contribution in [0.2, 0.25) is 0 Å². The SMILES string of the molecule is COc1ccc(C2=CCN(c3ncnc4cnn(C)c34)C2)cc1. The molecule has 6 heteroatoms. The molecule has 3 aromatic rings. The van der Waals surface area contributed by atoms with E-state index in [1.54, 1.807) is 19.6 Å². The Hall–Kier alpha value is -2.89. The van der Waals surface area contributed by atoms with Crippen molar-refractivity contribution < 1.29 is 4.74 Å². The minimum absolute atomic E-state index is 0.823. The number of hydrogen-bond acceptors (Lipinski definition) is 5. The van der Waals surface area contributed by atoms with Crippen LogP contribution in [-0.2, 0) is 7.05 Å². The van der Waals surface area contributed by atoms with Gasteiger partial charge in [0.05, 0.1) is 13.3 Å². The fourth-order valence-electron chi connectivity index (χ4n) is 2.95. The fourth-order valence-corrected chi connectivity index (χ4v) is 2.95. The van der Waals surface area contributed by atoms with E-state index in [2.05, 4.69) is 38.2 Å². The number of fused-ring (bicyclic) bond motifs is 1. The zero-order valence-electron chi connectivity index (χ0n) is 13.1. The highest BCUT2D eigenvalue weighted by atomic mass is 16.5. The van der Waals surface area contributed by atoms with Gasteiger partial charge in [0.1, 0.15) is 23.1 Å². The van der Waals surface area contributed by atoms with Crippen molar-refractivity contribution in [2.75, 3.05) is 25.1 Å². The van der Waals surface area contributed by atoms with Crippen molar-refractivity contribution in [3.8, 4) is 5.75 Å². The summed E-state index contributed by atoms with van der Waals surface area (Å²) < 4.78 is 7.05. The molecule has 1 aromatic carbocycles. The van der Waals surface area contributed by atoms with E-state index >= 15 is 0 Å². The van der Waals surface area contributed by atoms with Crippen LogP contribution >= 0.6 is 0 Å². The second-order valence-corrected chi connectivity index (χ2v) is 5.54. The van der Waals surface area contributed by atoms with Crippen molar-refractivity contribution in [2.24, 2.45) is 7.05 Å². The van der Waals surface area contributed by atoms with Gasteiger partial charge in [0.2, 0.25) is 0 Å². The van der Waals surface area contributed by atoms with Crippen LogP contribution in [0.25, 0.3) is 16.6 Å². The lowest BCUT2D eigenvalue weighted by Crippen LogP contribution is -2.21. The third-order valence-corrected chi connectivity index (χ3v) is 4.19. The molecule has 1 aliphatic heterocycles. The van der Waals surface area contributed by atoms with Crippen LogP contribution < -0.4 is 9.64 Å². The third-order valence-electron chi connectivity index (χ3n) is 4.19. The van der Waals surface area contributed by atoms with Crippen molar-refractivity contribution in [3.63, 3.8) is 0 Å². The normalized spacial score (nSPS) is 14.3. The summed E-state index contributed by atoms with van der Waals surface area (Å²) in [5.41, 5.74) is 4.34. The van der Waals surface area contributed by atoms with Gasteiger partial charge in [0.15, 0.2) is 5.82 Å². The molecule has 0 amide bonds. The van der Waals surface area contributed by atoms with Crippen LogP contribution in [-0.4, -0.2) is 39.9 Å². The summed E-state index contributed by atoms with van der Waals surface area (Å²) in [6.07, 6.45) is 5.62. The standard InChI is InChI=1S/C17H17N5O/c1-21-16-15(9-20-21)18-11-19-17(16)22-8-7-13(10-22)12-3-5-14(23-2)6-4-12/h3-7,9,11H,8,10H2,1-2H3. The Kier molecular flexibility index (Phi) is 3.22. The molecule has 0 bridgehead atoms. The second-order valence-electron chi connectivity index (χ2n) is 5.54. The summed E-state index contributed by atoms with van der Waals surface area (Å²) in [6, 6.07) is 8.16. The predicted octanol–water partition coefficient (Wildman–Crippen LogP) is 2.28. The molecule has 0 saturated carbocycles. The van der Waals surface area contributed by atoms with Gasteiger partial charge < -0.3 is 9.64 Å². The Balaban J connectivity index is 1.62. The Bertz CT molecular complexity index is 882. The van der Waals surface area contributed by atoms with Gasteiger partial charge in [-0.2, -0.15) is 5.10 Å². The van der Waals surface area contributed by atoms with E-state index in [9.17, 15) is 0 Å². The van der Waals surface area contributed by atoms with E-state index in [0.717, 1.165) is 35.7 Å². The maximum atomic E-state index is 5.22. The molecule has 2 aromatic heterocycles. The van der Waals surface area contributed by atoms with Crippen LogP contribution in [0.1, 0.15) is 5.56 Å². The lowest BCUT2D eigenvalue weighted by atomic mass is 10.1. The molecule has 23 heavy (non-hydrogen) atoms. The van der Waals surface area contributed by atoms with E-state index in [-0.39, 0.29) is 0 Å². The minimum Gasteiger partial charge on any atom is -0.497 e. The van der Waals surface area contributed by atoms with Gasteiger partial charge >= 0.3 is 0 Å². The molecular formula is C17H17N5O. The Labute approximate surface area is 134 Å². The van der Waals surface area contributed by atoms with Crippen molar-refractivity contribution >= 4 is 22.4 Å². The molecule has 3 heterocycles. The molecule has 4 rings (SSSR count). The Morgan fingerprint density at radius 2 is 1.96 bits per heavy atom. The average molecular weight is 307 g/mol. The van der Waals surface area contributed by atoms with Crippen LogP contribution in [0.15, 0.2) is 42.9 Å². The molecule has 0 unspecified atom stereocenters. The number of rotatable bonds is 3. The largest absolute Gasteiger partial charge is 0.497 e. The molecule has 1 aliphatic rings. The van der Waals surface area contributed by atoms with Crippen LogP contribution in [0.4, 0.5) is 5.82 Å². The molecule has 0 saturated heterocycles. The lowest BCUT2D eigenvalue weighted by Gasteiger charge is -2.18. The summed E-state index contributed by atoms with van der Waals surface area (Å²) in [5.74, 6) is 1.80. The molecular weight excluding hydrogens is 290 g/mol. The molecule has 0 N–H and O–H groups in total. The van der Waals surface area contributed by atoms with Gasteiger partial charge in [-0.1, -0.05) is 18.2 Å². The molecule has 0 radical (unpaired) electrons. The number of ether oxygens (including phenoxy) is 1. The first-order chi connectivity index (χ1) is 11.3. The van der Waals surface area contributed by atoms with E-state index in [0.29, 0.717) is 0 Å². The van der Waals surface area contributed by atoms with Gasteiger partial charge in [0.25, 0.3) is 0 Å². The van der Waals surface area contributed by atoms with Crippen molar-refractivity contribution in [3.05, 3.63) is 48.4 Å².